The molecule has 0 heterocycles. The summed E-state index contributed by atoms with van der Waals surface area (Å²) in [6.07, 6.45) is 7.81. The van der Waals surface area contributed by atoms with Crippen molar-refractivity contribution in [3.63, 3.8) is 0 Å². The molecule has 0 atom stereocenters. The molecule has 6 heteroatoms. The van der Waals surface area contributed by atoms with Gasteiger partial charge in [0.1, 0.15) is 0 Å². The van der Waals surface area contributed by atoms with Gasteiger partial charge in [-0.3, -0.25) is 0 Å². The molecular formula is C26H32F4O2. The van der Waals surface area contributed by atoms with Crippen LogP contribution in [-0.2, 0) is 12.8 Å². The van der Waals surface area contributed by atoms with Crippen molar-refractivity contribution in [3.8, 4) is 11.5 Å². The predicted octanol–water partition coefficient (Wildman–Crippen LogP) is 7.48. The maximum absolute atomic E-state index is 14.5. The number of rotatable bonds is 9. The molecule has 1 saturated carbocycles. The van der Waals surface area contributed by atoms with E-state index < -0.39 is 29.0 Å². The van der Waals surface area contributed by atoms with Gasteiger partial charge in [0.05, 0.1) is 6.61 Å². The standard InChI is InChI=1S/C26H32F4O2/c1-3-5-16-6-8-17(9-7-16)10-11-18-14-20(26(31)25(30)23(18)28)15-19-12-13-21(32-4-2)24(29)22(19)27/h12-14,16-17,31H,3-11,15H2,1-2H3. The predicted molar refractivity (Wildman–Crippen MR) is 117 cm³/mol. The molecule has 0 radical (unpaired) electrons. The van der Waals surface area contributed by atoms with Gasteiger partial charge in [0, 0.05) is 12.0 Å². The minimum atomic E-state index is -1.34. The number of benzene rings is 2. The molecule has 176 valence electrons. The molecule has 1 aliphatic carbocycles. The van der Waals surface area contributed by atoms with Crippen molar-refractivity contribution >= 4 is 0 Å². The Morgan fingerprint density at radius 2 is 1.44 bits per heavy atom. The molecule has 2 nitrogen and oxygen atoms in total. The van der Waals surface area contributed by atoms with Gasteiger partial charge in [-0.25, -0.2) is 8.78 Å². The Hall–Kier alpha value is -2.24. The first-order valence-electron chi connectivity index (χ1n) is 11.6. The second-order valence-corrected chi connectivity index (χ2v) is 8.85. The van der Waals surface area contributed by atoms with Crippen molar-refractivity contribution < 1.29 is 27.4 Å². The van der Waals surface area contributed by atoms with E-state index in [-0.39, 0.29) is 35.5 Å². The highest BCUT2D eigenvalue weighted by molar-refractivity contribution is 5.43. The average molecular weight is 453 g/mol. The van der Waals surface area contributed by atoms with Crippen LogP contribution < -0.4 is 4.74 Å². The van der Waals surface area contributed by atoms with Crippen LogP contribution >= 0.6 is 0 Å². The van der Waals surface area contributed by atoms with E-state index in [1.165, 1.54) is 43.9 Å². The van der Waals surface area contributed by atoms with Gasteiger partial charge in [0.2, 0.25) is 11.6 Å². The molecule has 1 aliphatic rings. The fourth-order valence-corrected chi connectivity index (χ4v) is 4.80. The first-order valence-corrected chi connectivity index (χ1v) is 11.6. The normalized spacial score (nSPS) is 18.7. The van der Waals surface area contributed by atoms with E-state index in [9.17, 15) is 22.7 Å². The lowest BCUT2D eigenvalue weighted by molar-refractivity contribution is 0.251. The van der Waals surface area contributed by atoms with E-state index in [1.54, 1.807) is 6.92 Å². The van der Waals surface area contributed by atoms with Crippen molar-refractivity contribution in [2.24, 2.45) is 11.8 Å². The van der Waals surface area contributed by atoms with Gasteiger partial charge in [0.15, 0.2) is 23.1 Å². The average Bonchev–Trinajstić information content (AvgIpc) is 2.79. The number of aromatic hydroxyl groups is 1. The number of phenols is 1. The molecule has 3 rings (SSSR count). The van der Waals surface area contributed by atoms with Crippen LogP contribution in [0.15, 0.2) is 18.2 Å². The zero-order valence-electron chi connectivity index (χ0n) is 18.8. The van der Waals surface area contributed by atoms with E-state index in [0.717, 1.165) is 25.2 Å². The van der Waals surface area contributed by atoms with Crippen LogP contribution in [0.3, 0.4) is 0 Å². The Balaban J connectivity index is 1.74. The van der Waals surface area contributed by atoms with E-state index >= 15 is 0 Å². The third kappa shape index (κ3) is 5.57. The van der Waals surface area contributed by atoms with Crippen LogP contribution in [-0.4, -0.2) is 11.7 Å². The monoisotopic (exact) mass is 452 g/mol. The van der Waals surface area contributed by atoms with Crippen molar-refractivity contribution in [3.05, 3.63) is 58.2 Å². The van der Waals surface area contributed by atoms with Crippen molar-refractivity contribution in [1.29, 1.82) is 0 Å². The SMILES string of the molecule is CCCC1CCC(CCc2cc(Cc3ccc(OCC)c(F)c3F)c(O)c(F)c2F)CC1. The van der Waals surface area contributed by atoms with Crippen LogP contribution in [0.25, 0.3) is 0 Å². The second kappa shape index (κ2) is 11.1. The van der Waals surface area contributed by atoms with E-state index in [2.05, 4.69) is 6.92 Å². The molecule has 0 aliphatic heterocycles. The minimum Gasteiger partial charge on any atom is -0.505 e. The molecule has 0 spiro atoms. The van der Waals surface area contributed by atoms with Crippen LogP contribution in [0.5, 0.6) is 11.5 Å². The van der Waals surface area contributed by atoms with E-state index in [4.69, 9.17) is 4.74 Å². The summed E-state index contributed by atoms with van der Waals surface area (Å²) in [6.45, 7) is 4.03. The first kappa shape index (κ1) is 24.4. The molecule has 0 bridgehead atoms. The Kier molecular flexibility index (Phi) is 8.44. The molecule has 2 aromatic carbocycles. The second-order valence-electron chi connectivity index (χ2n) is 8.85. The molecule has 0 amide bonds. The molecule has 0 saturated heterocycles. The smallest absolute Gasteiger partial charge is 0.200 e. The third-order valence-corrected chi connectivity index (χ3v) is 6.63. The van der Waals surface area contributed by atoms with Gasteiger partial charge in [0.25, 0.3) is 0 Å². The lowest BCUT2D eigenvalue weighted by Gasteiger charge is -2.28. The number of aryl methyl sites for hydroxylation is 1. The van der Waals surface area contributed by atoms with Gasteiger partial charge in [-0.1, -0.05) is 51.5 Å². The number of phenolic OH excluding ortho intramolecular Hbond substituents is 1. The molecule has 1 N–H and O–H groups in total. The largest absolute Gasteiger partial charge is 0.505 e. The third-order valence-electron chi connectivity index (χ3n) is 6.63. The zero-order chi connectivity index (χ0) is 23.3. The minimum absolute atomic E-state index is 0.0352. The van der Waals surface area contributed by atoms with Gasteiger partial charge in [-0.15, -0.1) is 0 Å². The molecule has 0 aromatic heterocycles. The maximum atomic E-state index is 14.5. The molecule has 0 unspecified atom stereocenters. The Morgan fingerprint density at radius 1 is 0.812 bits per heavy atom. The summed E-state index contributed by atoms with van der Waals surface area (Å²) in [6, 6.07) is 4.01. The lowest BCUT2D eigenvalue weighted by atomic mass is 9.78. The van der Waals surface area contributed by atoms with Crippen molar-refractivity contribution in [2.75, 3.05) is 6.61 Å². The van der Waals surface area contributed by atoms with Crippen LogP contribution in [0.1, 0.15) is 75.5 Å². The Labute approximate surface area is 187 Å². The topological polar surface area (TPSA) is 29.5 Å². The summed E-state index contributed by atoms with van der Waals surface area (Å²) in [5.74, 6) is -4.48. The summed E-state index contributed by atoms with van der Waals surface area (Å²) in [4.78, 5) is 0. The highest BCUT2D eigenvalue weighted by Gasteiger charge is 2.24. The Bertz CT molecular complexity index is 921. The van der Waals surface area contributed by atoms with E-state index in [0.29, 0.717) is 12.3 Å². The number of hydrogen-bond acceptors (Lipinski definition) is 2. The fraction of sp³-hybridized carbons (Fsp3) is 0.538. The summed E-state index contributed by atoms with van der Waals surface area (Å²) < 4.78 is 62.6. The summed E-state index contributed by atoms with van der Waals surface area (Å²) in [5, 5.41) is 10.1. The molecule has 32 heavy (non-hydrogen) atoms. The van der Waals surface area contributed by atoms with Gasteiger partial charge < -0.3 is 9.84 Å². The van der Waals surface area contributed by atoms with Gasteiger partial charge in [-0.2, -0.15) is 8.78 Å². The van der Waals surface area contributed by atoms with Gasteiger partial charge >= 0.3 is 0 Å². The van der Waals surface area contributed by atoms with Crippen LogP contribution in [0.2, 0.25) is 0 Å². The van der Waals surface area contributed by atoms with Crippen LogP contribution in [0, 0.1) is 35.1 Å². The lowest BCUT2D eigenvalue weighted by Crippen LogP contribution is -2.15. The summed E-state index contributed by atoms with van der Waals surface area (Å²) in [7, 11) is 0. The number of halogens is 4. The molecule has 1 fully saturated rings. The zero-order valence-corrected chi connectivity index (χ0v) is 18.8. The van der Waals surface area contributed by atoms with E-state index in [1.807, 2.05) is 0 Å². The Morgan fingerprint density at radius 3 is 2.06 bits per heavy atom. The van der Waals surface area contributed by atoms with Crippen molar-refractivity contribution in [2.45, 2.75) is 71.6 Å². The van der Waals surface area contributed by atoms with Gasteiger partial charge in [-0.05, 0) is 54.9 Å². The first-order chi connectivity index (χ1) is 15.3. The molecular weight excluding hydrogens is 420 g/mol. The summed E-state index contributed by atoms with van der Waals surface area (Å²) in [5.41, 5.74) is 0.137. The highest BCUT2D eigenvalue weighted by atomic mass is 19.2. The quantitative estimate of drug-likeness (QED) is 0.400. The maximum Gasteiger partial charge on any atom is 0.200 e. The highest BCUT2D eigenvalue weighted by Crippen LogP contribution is 2.36. The number of hydrogen-bond donors (Lipinski definition) is 1. The number of ether oxygens (including phenoxy) is 1. The summed E-state index contributed by atoms with van der Waals surface area (Å²) >= 11 is 0. The van der Waals surface area contributed by atoms with Crippen molar-refractivity contribution in [1.82, 2.24) is 0 Å². The van der Waals surface area contributed by atoms with Crippen LogP contribution in [0.4, 0.5) is 17.6 Å². The fourth-order valence-electron chi connectivity index (χ4n) is 4.80. The molecule has 2 aromatic rings.